The highest BCUT2D eigenvalue weighted by Gasteiger charge is 2.39. The second-order valence-corrected chi connectivity index (χ2v) is 12.7. The van der Waals surface area contributed by atoms with Crippen LogP contribution in [0, 0.1) is 6.92 Å². The molecule has 1 aliphatic heterocycles. The number of benzene rings is 2. The van der Waals surface area contributed by atoms with E-state index >= 15 is 0 Å². The first-order valence-corrected chi connectivity index (χ1v) is 13.9. The van der Waals surface area contributed by atoms with Crippen LogP contribution in [0.4, 0.5) is 0 Å². The molecule has 6 nitrogen and oxygen atoms in total. The molecule has 1 amide bonds. The van der Waals surface area contributed by atoms with E-state index in [-0.39, 0.29) is 23.4 Å². The molecule has 2 heterocycles. The molecule has 1 aromatic heterocycles. The number of hydrogen-bond donors (Lipinski definition) is 0. The Bertz CT molecular complexity index is 1290. The van der Waals surface area contributed by atoms with Crippen molar-refractivity contribution in [2.24, 2.45) is 0 Å². The number of sulfonamides is 1. The molecule has 4 rings (SSSR count). The molecule has 0 aliphatic carbocycles. The number of carbonyl (C=O) groups excluding carboxylic acids is 1. The molecule has 3 aromatic rings. The Labute approximate surface area is 212 Å². The van der Waals surface area contributed by atoms with Gasteiger partial charge in [0.2, 0.25) is 15.9 Å². The lowest BCUT2D eigenvalue weighted by Crippen LogP contribution is -2.52. The lowest BCUT2D eigenvalue weighted by atomic mass is 9.92. The maximum atomic E-state index is 13.8. The van der Waals surface area contributed by atoms with Crippen molar-refractivity contribution in [2.45, 2.75) is 50.6 Å². The number of aryl methyl sites for hydroxylation is 1. The molecule has 0 N–H and O–H groups in total. The average Bonchev–Trinajstić information content (AvgIpc) is 3.30. The van der Waals surface area contributed by atoms with Gasteiger partial charge in [-0.3, -0.25) is 4.79 Å². The van der Waals surface area contributed by atoms with E-state index in [9.17, 15) is 13.2 Å². The second kappa shape index (κ2) is 9.76. The topological polar surface area (TPSA) is 66.9 Å². The standard InChI is InChI=1S/C27H32N2O4S2/c1-19-6-8-20(9-7-19)26-23-15-17-34-24(23)14-16-28(26)25(30)18-29(27(2,3)4)35(31,32)22-12-10-21(33-5)11-13-22/h6-13,15,17,26H,14,16,18H2,1-5H3. The number of nitrogens with zero attached hydrogens (tertiary/aromatic N) is 2. The summed E-state index contributed by atoms with van der Waals surface area (Å²) in [6.07, 6.45) is 0.766. The van der Waals surface area contributed by atoms with Crippen LogP contribution in [0.5, 0.6) is 5.75 Å². The largest absolute Gasteiger partial charge is 0.497 e. The molecular formula is C27H32N2O4S2. The minimum atomic E-state index is -3.92. The Balaban J connectivity index is 1.68. The molecule has 1 aliphatic rings. The summed E-state index contributed by atoms with van der Waals surface area (Å²) in [5, 5.41) is 2.06. The summed E-state index contributed by atoms with van der Waals surface area (Å²) >= 11 is 1.71. The van der Waals surface area contributed by atoms with Gasteiger partial charge in [0.1, 0.15) is 5.75 Å². The van der Waals surface area contributed by atoms with Crippen molar-refractivity contribution >= 4 is 27.3 Å². The highest BCUT2D eigenvalue weighted by atomic mass is 32.2. The van der Waals surface area contributed by atoms with Gasteiger partial charge >= 0.3 is 0 Å². The third kappa shape index (κ3) is 5.15. The average molecular weight is 513 g/mol. The van der Waals surface area contributed by atoms with Gasteiger partial charge in [-0.05, 0) is 81.0 Å². The smallest absolute Gasteiger partial charge is 0.244 e. The zero-order chi connectivity index (χ0) is 25.4. The fourth-order valence-corrected chi connectivity index (χ4v) is 7.10. The van der Waals surface area contributed by atoms with Crippen LogP contribution in [-0.2, 0) is 21.2 Å². The van der Waals surface area contributed by atoms with Crippen LogP contribution in [0.3, 0.4) is 0 Å². The molecule has 0 fully saturated rings. The van der Waals surface area contributed by atoms with Gasteiger partial charge in [-0.2, -0.15) is 4.31 Å². The van der Waals surface area contributed by atoms with E-state index in [0.29, 0.717) is 12.3 Å². The zero-order valence-electron chi connectivity index (χ0n) is 20.8. The number of fused-ring (bicyclic) bond motifs is 1. The molecule has 1 unspecified atom stereocenters. The van der Waals surface area contributed by atoms with Gasteiger partial charge in [0.15, 0.2) is 0 Å². The first kappa shape index (κ1) is 25.4. The molecule has 35 heavy (non-hydrogen) atoms. The molecule has 1 atom stereocenters. The third-order valence-electron chi connectivity index (χ3n) is 6.35. The summed E-state index contributed by atoms with van der Waals surface area (Å²) in [5.74, 6) is 0.364. The lowest BCUT2D eigenvalue weighted by molar-refractivity contribution is -0.134. The SMILES string of the molecule is COc1ccc(S(=O)(=O)N(CC(=O)N2CCc3sccc3C2c2ccc(C)cc2)C(C)(C)C)cc1. The molecule has 0 saturated carbocycles. The van der Waals surface area contributed by atoms with Crippen molar-refractivity contribution in [3.63, 3.8) is 0 Å². The summed E-state index contributed by atoms with van der Waals surface area (Å²) in [4.78, 5) is 17.1. The monoisotopic (exact) mass is 512 g/mol. The van der Waals surface area contributed by atoms with E-state index in [4.69, 9.17) is 4.74 Å². The van der Waals surface area contributed by atoms with Crippen LogP contribution in [0.15, 0.2) is 64.9 Å². The minimum Gasteiger partial charge on any atom is -0.497 e. The van der Waals surface area contributed by atoms with Crippen molar-refractivity contribution in [1.29, 1.82) is 0 Å². The summed E-state index contributed by atoms with van der Waals surface area (Å²) in [6.45, 7) is 7.78. The van der Waals surface area contributed by atoms with Gasteiger partial charge < -0.3 is 9.64 Å². The molecular weight excluding hydrogens is 480 g/mol. The highest BCUT2D eigenvalue weighted by molar-refractivity contribution is 7.89. The molecule has 0 radical (unpaired) electrons. The number of thiophene rings is 1. The molecule has 0 spiro atoms. The predicted molar refractivity (Wildman–Crippen MR) is 139 cm³/mol. The van der Waals surface area contributed by atoms with Gasteiger partial charge in [-0.1, -0.05) is 29.8 Å². The fourth-order valence-electron chi connectivity index (χ4n) is 4.46. The van der Waals surface area contributed by atoms with Crippen molar-refractivity contribution in [3.8, 4) is 5.75 Å². The first-order chi connectivity index (χ1) is 16.5. The van der Waals surface area contributed by atoms with Crippen LogP contribution < -0.4 is 4.74 Å². The Morgan fingerprint density at radius 1 is 1.09 bits per heavy atom. The number of ether oxygens (including phenoxy) is 1. The quantitative estimate of drug-likeness (QED) is 0.465. The third-order valence-corrected chi connectivity index (χ3v) is 9.48. The van der Waals surface area contributed by atoms with E-state index in [1.807, 2.05) is 44.7 Å². The minimum absolute atomic E-state index is 0.134. The fraction of sp³-hybridized carbons (Fsp3) is 0.370. The van der Waals surface area contributed by atoms with E-state index in [2.05, 4.69) is 23.6 Å². The summed E-state index contributed by atoms with van der Waals surface area (Å²) in [6, 6.07) is 16.3. The number of rotatable bonds is 6. The number of methoxy groups -OCH3 is 1. The van der Waals surface area contributed by atoms with E-state index in [1.165, 1.54) is 28.4 Å². The van der Waals surface area contributed by atoms with Crippen molar-refractivity contribution < 1.29 is 17.9 Å². The number of amides is 1. The number of hydrogen-bond acceptors (Lipinski definition) is 5. The summed E-state index contributed by atoms with van der Waals surface area (Å²) in [7, 11) is -2.39. The van der Waals surface area contributed by atoms with Crippen molar-refractivity contribution in [1.82, 2.24) is 9.21 Å². The van der Waals surface area contributed by atoms with Crippen molar-refractivity contribution in [3.05, 3.63) is 81.5 Å². The van der Waals surface area contributed by atoms with Gasteiger partial charge in [-0.15, -0.1) is 11.3 Å². The zero-order valence-corrected chi connectivity index (χ0v) is 22.4. The van der Waals surface area contributed by atoms with Gasteiger partial charge in [-0.25, -0.2) is 8.42 Å². The van der Waals surface area contributed by atoms with Crippen LogP contribution in [0.25, 0.3) is 0 Å². The molecule has 186 valence electrons. The van der Waals surface area contributed by atoms with Crippen LogP contribution in [0.1, 0.15) is 48.4 Å². The summed E-state index contributed by atoms with van der Waals surface area (Å²) < 4.78 is 33.8. The molecule has 0 saturated heterocycles. The lowest BCUT2D eigenvalue weighted by Gasteiger charge is -2.40. The predicted octanol–water partition coefficient (Wildman–Crippen LogP) is 5.03. The highest BCUT2D eigenvalue weighted by Crippen LogP contribution is 2.38. The number of carbonyl (C=O) groups is 1. The van der Waals surface area contributed by atoms with Crippen LogP contribution in [-0.4, -0.2) is 49.3 Å². The second-order valence-electron chi connectivity index (χ2n) is 9.81. The Morgan fingerprint density at radius 3 is 2.34 bits per heavy atom. The molecule has 0 bridgehead atoms. The summed E-state index contributed by atoms with van der Waals surface area (Å²) in [5.41, 5.74) is 2.51. The van der Waals surface area contributed by atoms with Crippen LogP contribution >= 0.6 is 11.3 Å². The Hall–Kier alpha value is -2.68. The Kier molecular flexibility index (Phi) is 7.09. The first-order valence-electron chi connectivity index (χ1n) is 11.6. The van der Waals surface area contributed by atoms with Gasteiger partial charge in [0, 0.05) is 17.0 Å². The van der Waals surface area contributed by atoms with E-state index in [0.717, 1.165) is 23.1 Å². The van der Waals surface area contributed by atoms with E-state index in [1.54, 1.807) is 23.5 Å². The maximum absolute atomic E-state index is 13.8. The van der Waals surface area contributed by atoms with Crippen molar-refractivity contribution in [2.75, 3.05) is 20.2 Å². The van der Waals surface area contributed by atoms with Crippen LogP contribution in [0.2, 0.25) is 0 Å². The molecule has 8 heteroatoms. The molecule has 2 aromatic carbocycles. The normalized spacial score (nSPS) is 16.3. The maximum Gasteiger partial charge on any atom is 0.244 e. The Morgan fingerprint density at radius 2 is 1.74 bits per heavy atom. The van der Waals surface area contributed by atoms with Gasteiger partial charge in [0.25, 0.3) is 0 Å². The van der Waals surface area contributed by atoms with Gasteiger partial charge in [0.05, 0.1) is 24.6 Å². The van der Waals surface area contributed by atoms with E-state index < -0.39 is 15.6 Å².